The van der Waals surface area contributed by atoms with Crippen molar-refractivity contribution in [2.75, 3.05) is 13.2 Å². The van der Waals surface area contributed by atoms with Gasteiger partial charge in [-0.2, -0.15) is 0 Å². The van der Waals surface area contributed by atoms with E-state index >= 15 is 0 Å². The molecule has 3 unspecified atom stereocenters. The molecule has 1 saturated heterocycles. The first-order chi connectivity index (χ1) is 7.83. The maximum absolute atomic E-state index is 6.06. The molecule has 3 atom stereocenters. The number of hydrogen-bond acceptors (Lipinski definition) is 3. The van der Waals surface area contributed by atoms with Crippen LogP contribution in [0.4, 0.5) is 0 Å². The Bertz CT molecular complexity index is 349. The lowest BCUT2D eigenvalue weighted by Gasteiger charge is -2.14. The Morgan fingerprint density at radius 1 is 1.38 bits per heavy atom. The fourth-order valence-electron chi connectivity index (χ4n) is 2.87. The van der Waals surface area contributed by atoms with E-state index in [1.54, 1.807) is 0 Å². The van der Waals surface area contributed by atoms with Crippen LogP contribution < -0.4 is 5.32 Å². The van der Waals surface area contributed by atoms with Crippen LogP contribution in [0, 0.1) is 12.8 Å². The largest absolute Gasteiger partial charge is 0.371 e. The van der Waals surface area contributed by atoms with Crippen LogP contribution in [0.1, 0.15) is 35.1 Å². The van der Waals surface area contributed by atoms with Crippen LogP contribution in [-0.4, -0.2) is 19.2 Å². The maximum Gasteiger partial charge on any atom is 0.104 e. The average molecular weight is 237 g/mol. The number of nitrogens with one attached hydrogen (secondary N) is 1. The summed E-state index contributed by atoms with van der Waals surface area (Å²) in [6, 6.07) is 5.12. The third-order valence-corrected chi connectivity index (χ3v) is 4.91. The van der Waals surface area contributed by atoms with Crippen molar-refractivity contribution in [1.29, 1.82) is 0 Å². The van der Waals surface area contributed by atoms with E-state index in [0.717, 1.165) is 19.1 Å². The summed E-state index contributed by atoms with van der Waals surface area (Å²) in [7, 11) is 0. The van der Waals surface area contributed by atoms with Crippen molar-refractivity contribution in [1.82, 2.24) is 5.32 Å². The quantitative estimate of drug-likeness (QED) is 0.811. The van der Waals surface area contributed by atoms with Crippen molar-refractivity contribution in [3.63, 3.8) is 0 Å². The minimum atomic E-state index is 0.282. The van der Waals surface area contributed by atoms with Crippen molar-refractivity contribution in [2.45, 2.75) is 38.3 Å². The predicted molar refractivity (Wildman–Crippen MR) is 66.9 cm³/mol. The van der Waals surface area contributed by atoms with Crippen LogP contribution in [0.15, 0.2) is 12.1 Å². The Morgan fingerprint density at radius 3 is 3.12 bits per heavy atom. The minimum absolute atomic E-state index is 0.282. The smallest absolute Gasteiger partial charge is 0.104 e. The molecule has 0 amide bonds. The maximum atomic E-state index is 6.06. The lowest BCUT2D eigenvalue weighted by atomic mass is 10.1. The van der Waals surface area contributed by atoms with Gasteiger partial charge < -0.3 is 10.1 Å². The average Bonchev–Trinajstić information content (AvgIpc) is 2.85. The molecule has 1 N–H and O–H groups in total. The van der Waals surface area contributed by atoms with Gasteiger partial charge in [-0.3, -0.25) is 0 Å². The van der Waals surface area contributed by atoms with E-state index in [0.29, 0.717) is 6.04 Å². The molecule has 88 valence electrons. The molecule has 1 aromatic heterocycles. The van der Waals surface area contributed by atoms with E-state index in [4.69, 9.17) is 4.74 Å². The van der Waals surface area contributed by atoms with Crippen molar-refractivity contribution < 1.29 is 4.74 Å². The Kier molecular flexibility index (Phi) is 3.01. The molecular weight excluding hydrogens is 218 g/mol. The minimum Gasteiger partial charge on any atom is -0.371 e. The third-order valence-electron chi connectivity index (χ3n) is 3.81. The zero-order chi connectivity index (χ0) is 11.0. The molecule has 3 rings (SSSR count). The van der Waals surface area contributed by atoms with E-state index < -0.39 is 0 Å². The summed E-state index contributed by atoms with van der Waals surface area (Å²) in [5, 5.41) is 3.68. The highest BCUT2D eigenvalue weighted by molar-refractivity contribution is 7.12. The molecular formula is C13H19NOS. The normalized spacial score (nSPS) is 34.7. The zero-order valence-electron chi connectivity index (χ0n) is 9.74. The molecule has 2 aliphatic rings. The molecule has 0 spiro atoms. The Balaban J connectivity index is 1.70. The lowest BCUT2D eigenvalue weighted by molar-refractivity contribution is 0.0495. The lowest BCUT2D eigenvalue weighted by Crippen LogP contribution is -2.32. The second kappa shape index (κ2) is 4.47. The second-order valence-electron chi connectivity index (χ2n) is 4.98. The molecule has 16 heavy (non-hydrogen) atoms. The van der Waals surface area contributed by atoms with E-state index in [2.05, 4.69) is 24.4 Å². The predicted octanol–water partition coefficient (Wildman–Crippen LogP) is 2.89. The van der Waals surface area contributed by atoms with Crippen LogP contribution in [0.25, 0.3) is 0 Å². The SMILES string of the molecule is Cc1ccc(C2CNC3CCCC3CO2)s1. The van der Waals surface area contributed by atoms with Gasteiger partial charge in [0.2, 0.25) is 0 Å². The highest BCUT2D eigenvalue weighted by Crippen LogP contribution is 2.33. The van der Waals surface area contributed by atoms with Crippen molar-refractivity contribution in [3.05, 3.63) is 21.9 Å². The van der Waals surface area contributed by atoms with Crippen molar-refractivity contribution >= 4 is 11.3 Å². The van der Waals surface area contributed by atoms with Gasteiger partial charge in [0.15, 0.2) is 0 Å². The first-order valence-electron chi connectivity index (χ1n) is 6.24. The molecule has 0 radical (unpaired) electrons. The van der Waals surface area contributed by atoms with Crippen molar-refractivity contribution in [2.24, 2.45) is 5.92 Å². The van der Waals surface area contributed by atoms with Gasteiger partial charge >= 0.3 is 0 Å². The van der Waals surface area contributed by atoms with Gasteiger partial charge in [-0.1, -0.05) is 6.42 Å². The van der Waals surface area contributed by atoms with Gasteiger partial charge in [0.25, 0.3) is 0 Å². The van der Waals surface area contributed by atoms with Gasteiger partial charge in [-0.15, -0.1) is 11.3 Å². The summed E-state index contributed by atoms with van der Waals surface area (Å²) in [6.45, 7) is 4.09. The molecule has 0 bridgehead atoms. The van der Waals surface area contributed by atoms with E-state index in [1.807, 2.05) is 11.3 Å². The Morgan fingerprint density at radius 2 is 2.31 bits per heavy atom. The number of rotatable bonds is 1. The van der Waals surface area contributed by atoms with E-state index in [1.165, 1.54) is 29.0 Å². The van der Waals surface area contributed by atoms with E-state index in [9.17, 15) is 0 Å². The summed E-state index contributed by atoms with van der Waals surface area (Å²) < 4.78 is 6.06. The number of fused-ring (bicyclic) bond motifs is 1. The van der Waals surface area contributed by atoms with Crippen molar-refractivity contribution in [3.8, 4) is 0 Å². The number of ether oxygens (including phenoxy) is 1. The fourth-order valence-corrected chi connectivity index (χ4v) is 3.80. The Hall–Kier alpha value is -0.380. The third kappa shape index (κ3) is 2.04. The summed E-state index contributed by atoms with van der Waals surface area (Å²) in [5.41, 5.74) is 0. The number of thiophene rings is 1. The Labute approximate surface area is 101 Å². The van der Waals surface area contributed by atoms with Crippen LogP contribution >= 0.6 is 11.3 Å². The monoisotopic (exact) mass is 237 g/mol. The first kappa shape index (κ1) is 10.8. The first-order valence-corrected chi connectivity index (χ1v) is 7.06. The fraction of sp³-hybridized carbons (Fsp3) is 0.692. The summed E-state index contributed by atoms with van der Waals surface area (Å²) in [5.74, 6) is 0.756. The molecule has 2 nitrogen and oxygen atoms in total. The zero-order valence-corrected chi connectivity index (χ0v) is 10.6. The van der Waals surface area contributed by atoms with Crippen LogP contribution in [0.2, 0.25) is 0 Å². The molecule has 0 aromatic carbocycles. The molecule has 2 heterocycles. The molecule has 1 saturated carbocycles. The highest BCUT2D eigenvalue weighted by atomic mass is 32.1. The van der Waals surface area contributed by atoms with Crippen LogP contribution in [0.5, 0.6) is 0 Å². The number of aryl methyl sites for hydroxylation is 1. The van der Waals surface area contributed by atoms with Gasteiger partial charge in [-0.05, 0) is 37.8 Å². The van der Waals surface area contributed by atoms with Crippen LogP contribution in [-0.2, 0) is 4.74 Å². The van der Waals surface area contributed by atoms with Crippen LogP contribution in [0.3, 0.4) is 0 Å². The molecule has 3 heteroatoms. The molecule has 1 aromatic rings. The topological polar surface area (TPSA) is 21.3 Å². The molecule has 1 aliphatic carbocycles. The van der Waals surface area contributed by atoms with Gasteiger partial charge in [0.05, 0.1) is 6.61 Å². The summed E-state index contributed by atoms with van der Waals surface area (Å²) >= 11 is 1.87. The van der Waals surface area contributed by atoms with Gasteiger partial charge in [0.1, 0.15) is 6.10 Å². The standard InChI is InChI=1S/C13H19NOS/c1-9-5-6-13(16-9)12-7-14-11-4-2-3-10(11)8-15-12/h5-6,10-12,14H,2-4,7-8H2,1H3. The van der Waals surface area contributed by atoms with Gasteiger partial charge in [0, 0.05) is 22.3 Å². The highest BCUT2D eigenvalue weighted by Gasteiger charge is 2.31. The number of hydrogen-bond donors (Lipinski definition) is 1. The summed E-state index contributed by atoms with van der Waals surface area (Å²) in [4.78, 5) is 2.76. The van der Waals surface area contributed by atoms with E-state index in [-0.39, 0.29) is 6.10 Å². The van der Waals surface area contributed by atoms with Gasteiger partial charge in [-0.25, -0.2) is 0 Å². The molecule has 2 fully saturated rings. The second-order valence-corrected chi connectivity index (χ2v) is 6.30. The summed E-state index contributed by atoms with van der Waals surface area (Å²) in [6.07, 6.45) is 4.33. The molecule has 1 aliphatic heterocycles.